The third-order valence-corrected chi connectivity index (χ3v) is 5.61. The molecule has 1 unspecified atom stereocenters. The van der Waals surface area contributed by atoms with E-state index in [0.29, 0.717) is 22.8 Å². The zero-order valence-electron chi connectivity index (χ0n) is 18.0. The van der Waals surface area contributed by atoms with Gasteiger partial charge in [-0.1, -0.05) is 12.1 Å². The molecule has 31 heavy (non-hydrogen) atoms. The molecule has 0 saturated carbocycles. The molecule has 3 aromatic rings. The molecular formula is C22H27N7O2. The highest BCUT2D eigenvalue weighted by Crippen LogP contribution is 2.23. The number of anilines is 3. The first-order chi connectivity index (χ1) is 15.0. The first-order valence-electron chi connectivity index (χ1n) is 10.4. The number of piperidine rings is 1. The van der Waals surface area contributed by atoms with Gasteiger partial charge in [-0.25, -0.2) is 19.9 Å². The number of rotatable bonds is 6. The summed E-state index contributed by atoms with van der Waals surface area (Å²) in [5.41, 5.74) is 3.45. The molecule has 1 fully saturated rings. The lowest BCUT2D eigenvalue weighted by Gasteiger charge is -2.34. The molecule has 0 aliphatic carbocycles. The fourth-order valence-electron chi connectivity index (χ4n) is 3.81. The molecular weight excluding hydrogens is 394 g/mol. The summed E-state index contributed by atoms with van der Waals surface area (Å²) in [6.45, 7) is 5.55. The van der Waals surface area contributed by atoms with Crippen LogP contribution in [0, 0.1) is 6.92 Å². The number of hydrogen-bond donors (Lipinski definition) is 2. The molecule has 2 aromatic heterocycles. The minimum atomic E-state index is -0.227. The van der Waals surface area contributed by atoms with Crippen LogP contribution in [0.25, 0.3) is 11.0 Å². The number of aryl methyl sites for hydroxylation is 1. The molecule has 3 heterocycles. The third-order valence-electron chi connectivity index (χ3n) is 5.61. The van der Waals surface area contributed by atoms with Crippen molar-refractivity contribution in [3.63, 3.8) is 0 Å². The fourth-order valence-corrected chi connectivity index (χ4v) is 3.81. The van der Waals surface area contributed by atoms with Crippen LogP contribution in [0.4, 0.5) is 17.5 Å². The van der Waals surface area contributed by atoms with Crippen molar-refractivity contribution in [1.82, 2.24) is 24.8 Å². The summed E-state index contributed by atoms with van der Waals surface area (Å²) >= 11 is 0. The topological polar surface area (TPSA) is 105 Å². The van der Waals surface area contributed by atoms with Crippen LogP contribution in [-0.4, -0.2) is 63.1 Å². The SMILES string of the molecule is COC(=O)C(C)N1CCC(Nc2ncc3ncnc(Nc4cccc(C)c4)c3n2)CC1. The fraction of sp³-hybridized carbons (Fsp3) is 0.409. The van der Waals surface area contributed by atoms with E-state index < -0.39 is 0 Å². The van der Waals surface area contributed by atoms with E-state index in [4.69, 9.17) is 4.74 Å². The second-order valence-corrected chi connectivity index (χ2v) is 7.80. The summed E-state index contributed by atoms with van der Waals surface area (Å²) in [7, 11) is 1.43. The number of methoxy groups -OCH3 is 1. The van der Waals surface area contributed by atoms with Gasteiger partial charge in [-0.3, -0.25) is 9.69 Å². The van der Waals surface area contributed by atoms with Gasteiger partial charge in [0.25, 0.3) is 0 Å². The van der Waals surface area contributed by atoms with Crippen molar-refractivity contribution < 1.29 is 9.53 Å². The van der Waals surface area contributed by atoms with Gasteiger partial charge in [0.15, 0.2) is 5.82 Å². The molecule has 1 aliphatic heterocycles. The lowest BCUT2D eigenvalue weighted by Crippen LogP contribution is -2.47. The van der Waals surface area contributed by atoms with E-state index in [0.717, 1.165) is 37.2 Å². The van der Waals surface area contributed by atoms with Crippen LogP contribution in [0.1, 0.15) is 25.3 Å². The second-order valence-electron chi connectivity index (χ2n) is 7.80. The zero-order valence-corrected chi connectivity index (χ0v) is 18.0. The van der Waals surface area contributed by atoms with Crippen LogP contribution in [0.15, 0.2) is 36.8 Å². The second kappa shape index (κ2) is 9.22. The number of nitrogens with zero attached hydrogens (tertiary/aromatic N) is 5. The number of ether oxygens (including phenoxy) is 1. The summed E-state index contributed by atoms with van der Waals surface area (Å²) < 4.78 is 4.85. The van der Waals surface area contributed by atoms with E-state index in [9.17, 15) is 4.79 Å². The summed E-state index contributed by atoms with van der Waals surface area (Å²) in [4.78, 5) is 31.7. The number of hydrogen-bond acceptors (Lipinski definition) is 9. The van der Waals surface area contributed by atoms with Crippen LogP contribution in [-0.2, 0) is 9.53 Å². The van der Waals surface area contributed by atoms with Crippen LogP contribution in [0.3, 0.4) is 0 Å². The first kappa shape index (κ1) is 20.9. The van der Waals surface area contributed by atoms with Gasteiger partial charge < -0.3 is 15.4 Å². The summed E-state index contributed by atoms with van der Waals surface area (Å²) in [6, 6.07) is 8.09. The lowest BCUT2D eigenvalue weighted by atomic mass is 10.0. The van der Waals surface area contributed by atoms with Crippen LogP contribution < -0.4 is 10.6 Å². The van der Waals surface area contributed by atoms with Gasteiger partial charge in [0.05, 0.1) is 13.3 Å². The normalized spacial score (nSPS) is 16.1. The zero-order chi connectivity index (χ0) is 21.8. The highest BCUT2D eigenvalue weighted by molar-refractivity contribution is 5.87. The number of likely N-dealkylation sites (tertiary alicyclic amines) is 1. The van der Waals surface area contributed by atoms with Crippen molar-refractivity contribution in [2.45, 2.75) is 38.8 Å². The van der Waals surface area contributed by atoms with Gasteiger partial charge in [-0.15, -0.1) is 0 Å². The van der Waals surface area contributed by atoms with E-state index in [1.165, 1.54) is 13.4 Å². The maximum atomic E-state index is 11.8. The molecule has 2 N–H and O–H groups in total. The van der Waals surface area contributed by atoms with Crippen LogP contribution in [0.5, 0.6) is 0 Å². The van der Waals surface area contributed by atoms with Crippen molar-refractivity contribution in [1.29, 1.82) is 0 Å². The van der Waals surface area contributed by atoms with E-state index in [1.807, 2.05) is 32.0 Å². The average molecular weight is 422 g/mol. The number of fused-ring (bicyclic) bond motifs is 1. The van der Waals surface area contributed by atoms with Crippen molar-refractivity contribution in [3.05, 3.63) is 42.4 Å². The lowest BCUT2D eigenvalue weighted by molar-refractivity contribution is -0.146. The van der Waals surface area contributed by atoms with Crippen LogP contribution in [0.2, 0.25) is 0 Å². The van der Waals surface area contributed by atoms with E-state index in [2.05, 4.69) is 41.5 Å². The number of carbonyl (C=O) groups is 1. The minimum absolute atomic E-state index is 0.196. The molecule has 1 aromatic carbocycles. The highest BCUT2D eigenvalue weighted by atomic mass is 16.5. The quantitative estimate of drug-likeness (QED) is 0.581. The predicted molar refractivity (Wildman–Crippen MR) is 119 cm³/mol. The smallest absolute Gasteiger partial charge is 0.322 e. The third kappa shape index (κ3) is 4.88. The molecule has 0 radical (unpaired) electrons. The molecule has 9 heteroatoms. The van der Waals surface area contributed by atoms with Gasteiger partial charge >= 0.3 is 5.97 Å². The van der Waals surface area contributed by atoms with E-state index in [1.54, 1.807) is 6.20 Å². The van der Waals surface area contributed by atoms with Gasteiger partial charge in [0.2, 0.25) is 5.95 Å². The number of aromatic nitrogens is 4. The Morgan fingerprint density at radius 1 is 1.23 bits per heavy atom. The van der Waals surface area contributed by atoms with Gasteiger partial charge in [0, 0.05) is 24.8 Å². The summed E-state index contributed by atoms with van der Waals surface area (Å²) in [6.07, 6.45) is 5.00. The van der Waals surface area contributed by atoms with Crippen LogP contribution >= 0.6 is 0 Å². The monoisotopic (exact) mass is 421 g/mol. The number of carbonyl (C=O) groups excluding carboxylic acids is 1. The Kier molecular flexibility index (Phi) is 6.22. The standard InChI is InChI=1S/C22H27N7O2/c1-14-5-4-6-17(11-14)26-20-19-18(24-13-25-20)12-23-22(28-19)27-16-7-9-29(10-8-16)15(2)21(30)31-3/h4-6,11-13,15-16H,7-10H2,1-3H3,(H,23,27,28)(H,24,25,26). The molecule has 1 aliphatic rings. The van der Waals surface area contributed by atoms with Gasteiger partial charge in [0.1, 0.15) is 23.4 Å². The minimum Gasteiger partial charge on any atom is -0.468 e. The Bertz CT molecular complexity index is 1070. The first-order valence-corrected chi connectivity index (χ1v) is 10.4. The Labute approximate surface area is 181 Å². The van der Waals surface area contributed by atoms with Crippen molar-refractivity contribution in [3.8, 4) is 0 Å². The number of benzene rings is 1. The molecule has 0 bridgehead atoms. The van der Waals surface area contributed by atoms with Crippen molar-refractivity contribution in [2.24, 2.45) is 0 Å². The maximum absolute atomic E-state index is 11.8. The molecule has 0 spiro atoms. The molecule has 4 rings (SSSR count). The maximum Gasteiger partial charge on any atom is 0.322 e. The molecule has 1 saturated heterocycles. The van der Waals surface area contributed by atoms with Gasteiger partial charge in [-0.2, -0.15) is 0 Å². The highest BCUT2D eigenvalue weighted by Gasteiger charge is 2.27. The average Bonchev–Trinajstić information content (AvgIpc) is 2.79. The number of esters is 1. The van der Waals surface area contributed by atoms with E-state index in [-0.39, 0.29) is 18.1 Å². The van der Waals surface area contributed by atoms with E-state index >= 15 is 0 Å². The van der Waals surface area contributed by atoms with Crippen molar-refractivity contribution in [2.75, 3.05) is 30.8 Å². The van der Waals surface area contributed by atoms with Gasteiger partial charge in [-0.05, 0) is 44.4 Å². The Morgan fingerprint density at radius 2 is 2.03 bits per heavy atom. The Balaban J connectivity index is 1.46. The largest absolute Gasteiger partial charge is 0.468 e. The Morgan fingerprint density at radius 3 is 2.77 bits per heavy atom. The number of nitrogens with one attached hydrogen (secondary N) is 2. The molecule has 162 valence electrons. The predicted octanol–water partition coefficient (Wildman–Crippen LogP) is 2.91. The van der Waals surface area contributed by atoms with Crippen molar-refractivity contribution >= 4 is 34.5 Å². The molecule has 1 atom stereocenters. The molecule has 9 nitrogen and oxygen atoms in total. The Hall–Kier alpha value is -3.33. The summed E-state index contributed by atoms with van der Waals surface area (Å²) in [5, 5.41) is 6.76. The summed E-state index contributed by atoms with van der Waals surface area (Å²) in [5.74, 6) is 0.995. The molecule has 0 amide bonds.